The molecule has 212 valence electrons. The van der Waals surface area contributed by atoms with E-state index in [1.165, 1.54) is 4.31 Å². The Morgan fingerprint density at radius 1 is 0.850 bits per heavy atom. The number of hydrogen-bond donors (Lipinski definition) is 0. The van der Waals surface area contributed by atoms with Gasteiger partial charge < -0.3 is 14.4 Å². The molecule has 9 heteroatoms. The topological polar surface area (TPSA) is 79.4 Å². The molecule has 0 spiro atoms. The van der Waals surface area contributed by atoms with E-state index in [-0.39, 0.29) is 25.8 Å². The number of benzene rings is 3. The molecule has 0 aromatic heterocycles. The van der Waals surface area contributed by atoms with Crippen molar-refractivity contribution in [2.24, 2.45) is 0 Å². The van der Waals surface area contributed by atoms with Crippen LogP contribution < -0.4 is 9.47 Å². The molecule has 1 saturated heterocycles. The number of ether oxygens (including phenoxy) is 2. The van der Waals surface area contributed by atoms with Gasteiger partial charge >= 0.3 is 0 Å². The van der Waals surface area contributed by atoms with Crippen molar-refractivity contribution < 1.29 is 22.7 Å². The SMILES string of the molecule is Cc1cc(C)c(S(=O)(=O)N(CCc2ccccc2)CC(=O)N2CCN(Cc3ccc4c(c3)OCO4)CC2)c(C)c1. The number of carbonyl (C=O) groups is 1. The van der Waals surface area contributed by atoms with Crippen molar-refractivity contribution >= 4 is 15.9 Å². The molecule has 0 radical (unpaired) electrons. The Morgan fingerprint density at radius 2 is 1.52 bits per heavy atom. The lowest BCUT2D eigenvalue weighted by Gasteiger charge is -2.36. The highest BCUT2D eigenvalue weighted by atomic mass is 32.2. The molecule has 0 unspecified atom stereocenters. The summed E-state index contributed by atoms with van der Waals surface area (Å²) in [7, 11) is -3.89. The van der Waals surface area contributed by atoms with Gasteiger partial charge in [-0.05, 0) is 61.6 Å². The summed E-state index contributed by atoms with van der Waals surface area (Å²) in [6.45, 7) is 9.20. The van der Waals surface area contributed by atoms with Crippen LogP contribution in [0.4, 0.5) is 0 Å². The average Bonchev–Trinajstić information content (AvgIpc) is 3.39. The standard InChI is InChI=1S/C31H37N3O5S/c1-23-17-24(2)31(25(3)18-23)40(36,37)34(12-11-26-7-5-4-6-8-26)21-30(35)33-15-13-32(14-16-33)20-27-9-10-28-29(19-27)39-22-38-28/h4-10,17-19H,11-16,20-22H2,1-3H3. The molecule has 3 aromatic carbocycles. The molecule has 40 heavy (non-hydrogen) atoms. The van der Waals surface area contributed by atoms with Gasteiger partial charge in [0, 0.05) is 39.3 Å². The highest BCUT2D eigenvalue weighted by Gasteiger charge is 2.32. The van der Waals surface area contributed by atoms with Crippen LogP contribution in [-0.2, 0) is 27.8 Å². The van der Waals surface area contributed by atoms with Crippen molar-refractivity contribution in [1.29, 1.82) is 0 Å². The summed E-state index contributed by atoms with van der Waals surface area (Å²) >= 11 is 0. The third-order valence-electron chi connectivity index (χ3n) is 7.58. The fourth-order valence-electron chi connectivity index (χ4n) is 5.59. The van der Waals surface area contributed by atoms with E-state index in [9.17, 15) is 13.2 Å². The molecule has 2 aliphatic heterocycles. The Bertz CT molecular complexity index is 1440. The summed E-state index contributed by atoms with van der Waals surface area (Å²) in [4.78, 5) is 17.9. The van der Waals surface area contributed by atoms with E-state index in [2.05, 4.69) is 4.90 Å². The van der Waals surface area contributed by atoms with Crippen LogP contribution >= 0.6 is 0 Å². The van der Waals surface area contributed by atoms with E-state index in [1.807, 2.05) is 81.4 Å². The summed E-state index contributed by atoms with van der Waals surface area (Å²) in [6, 6.07) is 19.5. The first kappa shape index (κ1) is 28.1. The maximum absolute atomic E-state index is 14.0. The van der Waals surface area contributed by atoms with Crippen LogP contribution in [0.5, 0.6) is 11.5 Å². The number of hydrogen-bond acceptors (Lipinski definition) is 6. The zero-order chi connectivity index (χ0) is 28.3. The maximum atomic E-state index is 14.0. The first-order valence-electron chi connectivity index (χ1n) is 13.7. The summed E-state index contributed by atoms with van der Waals surface area (Å²) < 4.78 is 40.2. The smallest absolute Gasteiger partial charge is 0.244 e. The van der Waals surface area contributed by atoms with Crippen LogP contribution in [0.2, 0.25) is 0 Å². The van der Waals surface area contributed by atoms with Gasteiger partial charge in [0.15, 0.2) is 11.5 Å². The van der Waals surface area contributed by atoms with Crippen molar-refractivity contribution in [3.05, 3.63) is 88.5 Å². The van der Waals surface area contributed by atoms with E-state index < -0.39 is 10.0 Å². The summed E-state index contributed by atoms with van der Waals surface area (Å²) in [6.07, 6.45) is 0.528. The predicted octanol–water partition coefficient (Wildman–Crippen LogP) is 3.92. The van der Waals surface area contributed by atoms with Crippen molar-refractivity contribution in [3.8, 4) is 11.5 Å². The van der Waals surface area contributed by atoms with Crippen LogP contribution in [-0.4, -0.2) is 74.5 Å². The molecule has 3 aromatic rings. The van der Waals surface area contributed by atoms with Gasteiger partial charge in [-0.15, -0.1) is 0 Å². The molecule has 8 nitrogen and oxygen atoms in total. The molecule has 0 bridgehead atoms. The van der Waals surface area contributed by atoms with Crippen LogP contribution in [0, 0.1) is 20.8 Å². The number of piperazine rings is 1. The minimum absolute atomic E-state index is 0.165. The average molecular weight is 564 g/mol. The highest BCUT2D eigenvalue weighted by molar-refractivity contribution is 7.89. The Morgan fingerprint density at radius 3 is 2.23 bits per heavy atom. The quantitative estimate of drug-likeness (QED) is 0.393. The molecular weight excluding hydrogens is 526 g/mol. The lowest BCUT2D eigenvalue weighted by molar-refractivity contribution is -0.133. The van der Waals surface area contributed by atoms with Crippen molar-refractivity contribution in [2.75, 3.05) is 46.1 Å². The lowest BCUT2D eigenvalue weighted by Crippen LogP contribution is -2.51. The Labute approximate surface area is 237 Å². The number of carbonyl (C=O) groups excluding carboxylic acids is 1. The van der Waals surface area contributed by atoms with Crippen LogP contribution in [0.1, 0.15) is 27.8 Å². The molecule has 2 aliphatic rings. The number of amides is 1. The number of sulfonamides is 1. The van der Waals surface area contributed by atoms with E-state index in [4.69, 9.17) is 9.47 Å². The van der Waals surface area contributed by atoms with Crippen molar-refractivity contribution in [1.82, 2.24) is 14.1 Å². The van der Waals surface area contributed by atoms with E-state index in [1.54, 1.807) is 4.90 Å². The molecule has 0 N–H and O–H groups in total. The largest absolute Gasteiger partial charge is 0.454 e. The molecule has 1 fully saturated rings. The molecule has 1 amide bonds. The van der Waals surface area contributed by atoms with Gasteiger partial charge in [0.25, 0.3) is 0 Å². The number of fused-ring (bicyclic) bond motifs is 1. The third kappa shape index (κ3) is 6.32. The fourth-order valence-corrected chi connectivity index (χ4v) is 7.39. The minimum atomic E-state index is -3.89. The normalized spacial score (nSPS) is 15.6. The minimum Gasteiger partial charge on any atom is -0.454 e. The Hall–Kier alpha value is -3.40. The summed E-state index contributed by atoms with van der Waals surface area (Å²) in [5.41, 5.74) is 4.58. The second-order valence-corrected chi connectivity index (χ2v) is 12.5. The van der Waals surface area contributed by atoms with E-state index >= 15 is 0 Å². The van der Waals surface area contributed by atoms with Crippen LogP contribution in [0.25, 0.3) is 0 Å². The number of aryl methyl sites for hydroxylation is 3. The van der Waals surface area contributed by atoms with Crippen LogP contribution in [0.15, 0.2) is 65.6 Å². The molecular formula is C31H37N3O5S. The fraction of sp³-hybridized carbons (Fsp3) is 0.387. The Kier molecular flexibility index (Phi) is 8.44. The molecule has 0 saturated carbocycles. The van der Waals surface area contributed by atoms with Crippen molar-refractivity contribution in [3.63, 3.8) is 0 Å². The molecule has 0 aliphatic carbocycles. The number of rotatable bonds is 9. The monoisotopic (exact) mass is 563 g/mol. The zero-order valence-corrected chi connectivity index (χ0v) is 24.2. The van der Waals surface area contributed by atoms with Gasteiger partial charge in [0.05, 0.1) is 11.4 Å². The predicted molar refractivity (Wildman–Crippen MR) is 154 cm³/mol. The number of nitrogens with zero attached hydrogens (tertiary/aromatic N) is 3. The van der Waals surface area contributed by atoms with Crippen LogP contribution in [0.3, 0.4) is 0 Å². The zero-order valence-electron chi connectivity index (χ0n) is 23.4. The second-order valence-electron chi connectivity index (χ2n) is 10.6. The van der Waals surface area contributed by atoms with Gasteiger partial charge in [0.1, 0.15) is 0 Å². The van der Waals surface area contributed by atoms with Gasteiger partial charge in [-0.2, -0.15) is 4.31 Å². The molecule has 0 atom stereocenters. The summed E-state index contributed by atoms with van der Waals surface area (Å²) in [5, 5.41) is 0. The van der Waals surface area contributed by atoms with Gasteiger partial charge in [-0.1, -0.05) is 54.1 Å². The highest BCUT2D eigenvalue weighted by Crippen LogP contribution is 2.33. The van der Waals surface area contributed by atoms with Gasteiger partial charge in [-0.25, -0.2) is 8.42 Å². The first-order valence-corrected chi connectivity index (χ1v) is 15.2. The van der Waals surface area contributed by atoms with Gasteiger partial charge in [0.2, 0.25) is 22.7 Å². The maximum Gasteiger partial charge on any atom is 0.244 e. The first-order chi connectivity index (χ1) is 19.2. The molecule has 2 heterocycles. The van der Waals surface area contributed by atoms with Gasteiger partial charge in [-0.3, -0.25) is 9.69 Å². The lowest BCUT2D eigenvalue weighted by atomic mass is 10.1. The molecule has 5 rings (SSSR count). The second kappa shape index (κ2) is 12.0. The van der Waals surface area contributed by atoms with E-state index in [0.717, 1.165) is 34.7 Å². The van der Waals surface area contributed by atoms with Crippen molar-refractivity contribution in [2.45, 2.75) is 38.6 Å². The Balaban J connectivity index is 1.26. The van der Waals surface area contributed by atoms with E-state index in [0.29, 0.717) is 48.6 Å². The summed E-state index contributed by atoms with van der Waals surface area (Å²) in [5.74, 6) is 1.37. The third-order valence-corrected chi connectivity index (χ3v) is 9.73.